The number of rotatable bonds is 6. The van der Waals surface area contributed by atoms with Crippen LogP contribution in [0.15, 0.2) is 89.5 Å². The molecule has 35 heavy (non-hydrogen) atoms. The van der Waals surface area contributed by atoms with E-state index < -0.39 is 5.25 Å². The SMILES string of the molecule is Cc1ccc(-c2csc3ncnc(S[C@@H](C(=O)Nc4cc(C)ccc4C)c4ccccc4)c23)cc1. The Morgan fingerprint density at radius 1 is 0.914 bits per heavy atom. The summed E-state index contributed by atoms with van der Waals surface area (Å²) in [5, 5.41) is 6.61. The second kappa shape index (κ2) is 10.0. The normalized spacial score (nSPS) is 12.0. The van der Waals surface area contributed by atoms with E-state index in [4.69, 9.17) is 0 Å². The lowest BCUT2D eigenvalue weighted by Gasteiger charge is -2.18. The van der Waals surface area contributed by atoms with Gasteiger partial charge >= 0.3 is 0 Å². The fraction of sp³-hybridized carbons (Fsp3) is 0.138. The van der Waals surface area contributed by atoms with Crippen LogP contribution in [-0.2, 0) is 4.79 Å². The molecule has 1 atom stereocenters. The quantitative estimate of drug-likeness (QED) is 0.193. The molecule has 2 heterocycles. The number of hydrogen-bond acceptors (Lipinski definition) is 5. The molecular formula is C29H25N3OS2. The minimum Gasteiger partial charge on any atom is -0.325 e. The van der Waals surface area contributed by atoms with Crippen molar-refractivity contribution in [3.63, 3.8) is 0 Å². The molecule has 0 unspecified atom stereocenters. The number of nitrogens with one attached hydrogen (secondary N) is 1. The number of thioether (sulfide) groups is 1. The van der Waals surface area contributed by atoms with Gasteiger partial charge < -0.3 is 5.32 Å². The molecule has 2 aromatic heterocycles. The summed E-state index contributed by atoms with van der Waals surface area (Å²) in [6.45, 7) is 6.12. The number of carbonyl (C=O) groups is 1. The summed E-state index contributed by atoms with van der Waals surface area (Å²) in [5.41, 5.74) is 7.33. The highest BCUT2D eigenvalue weighted by Crippen LogP contribution is 2.43. The van der Waals surface area contributed by atoms with Crippen LogP contribution in [0.1, 0.15) is 27.5 Å². The number of aryl methyl sites for hydroxylation is 3. The van der Waals surface area contributed by atoms with Crippen LogP contribution in [0, 0.1) is 20.8 Å². The van der Waals surface area contributed by atoms with E-state index in [2.05, 4.69) is 57.9 Å². The van der Waals surface area contributed by atoms with E-state index in [1.54, 1.807) is 17.7 Å². The second-order valence-electron chi connectivity index (χ2n) is 8.59. The minimum atomic E-state index is -0.472. The topological polar surface area (TPSA) is 54.9 Å². The Labute approximate surface area is 213 Å². The predicted molar refractivity (Wildman–Crippen MR) is 147 cm³/mol. The summed E-state index contributed by atoms with van der Waals surface area (Å²) in [6.07, 6.45) is 1.59. The number of fused-ring (bicyclic) bond motifs is 1. The van der Waals surface area contributed by atoms with E-state index >= 15 is 0 Å². The number of hydrogen-bond donors (Lipinski definition) is 1. The second-order valence-corrected chi connectivity index (χ2v) is 10.5. The smallest absolute Gasteiger partial charge is 0.242 e. The molecule has 1 N–H and O–H groups in total. The maximum atomic E-state index is 13.7. The molecule has 174 valence electrons. The van der Waals surface area contributed by atoms with Crippen LogP contribution in [0.5, 0.6) is 0 Å². The maximum absolute atomic E-state index is 13.7. The van der Waals surface area contributed by atoms with Crippen molar-refractivity contribution in [2.24, 2.45) is 0 Å². The van der Waals surface area contributed by atoms with Crippen LogP contribution in [-0.4, -0.2) is 15.9 Å². The van der Waals surface area contributed by atoms with Gasteiger partial charge in [0.2, 0.25) is 5.91 Å². The lowest BCUT2D eigenvalue weighted by atomic mass is 10.1. The fourth-order valence-electron chi connectivity index (χ4n) is 3.96. The molecule has 3 aromatic carbocycles. The number of amides is 1. The molecule has 0 aliphatic rings. The highest BCUT2D eigenvalue weighted by Gasteiger charge is 2.25. The van der Waals surface area contributed by atoms with Crippen LogP contribution < -0.4 is 5.32 Å². The zero-order valence-corrected chi connectivity index (χ0v) is 21.4. The van der Waals surface area contributed by atoms with Gasteiger partial charge in [-0.3, -0.25) is 4.79 Å². The maximum Gasteiger partial charge on any atom is 0.242 e. The van der Waals surface area contributed by atoms with E-state index in [-0.39, 0.29) is 5.91 Å². The monoisotopic (exact) mass is 495 g/mol. The Hall–Kier alpha value is -3.48. The van der Waals surface area contributed by atoms with Crippen LogP contribution in [0.3, 0.4) is 0 Å². The van der Waals surface area contributed by atoms with Gasteiger partial charge in [-0.15, -0.1) is 11.3 Å². The Morgan fingerprint density at radius 2 is 1.66 bits per heavy atom. The summed E-state index contributed by atoms with van der Waals surface area (Å²) >= 11 is 3.07. The number of benzene rings is 3. The highest BCUT2D eigenvalue weighted by atomic mass is 32.2. The van der Waals surface area contributed by atoms with Crippen molar-refractivity contribution in [2.45, 2.75) is 31.0 Å². The van der Waals surface area contributed by atoms with Crippen molar-refractivity contribution >= 4 is 44.9 Å². The van der Waals surface area contributed by atoms with E-state index in [9.17, 15) is 4.79 Å². The lowest BCUT2D eigenvalue weighted by Crippen LogP contribution is -2.19. The van der Waals surface area contributed by atoms with Crippen LogP contribution >= 0.6 is 23.1 Å². The number of thiophene rings is 1. The molecule has 0 spiro atoms. The predicted octanol–water partition coefficient (Wildman–Crippen LogP) is 7.76. The fourth-order valence-corrected chi connectivity index (χ4v) is 6.06. The summed E-state index contributed by atoms with van der Waals surface area (Å²) in [6, 6.07) is 24.4. The van der Waals surface area contributed by atoms with E-state index in [1.165, 1.54) is 17.3 Å². The molecule has 0 aliphatic heterocycles. The van der Waals surface area contributed by atoms with Crippen molar-refractivity contribution in [2.75, 3.05) is 5.32 Å². The summed E-state index contributed by atoms with van der Waals surface area (Å²) in [7, 11) is 0. The van der Waals surface area contributed by atoms with Gasteiger partial charge in [0.15, 0.2) is 0 Å². The summed E-state index contributed by atoms with van der Waals surface area (Å²) in [4.78, 5) is 23.8. The highest BCUT2D eigenvalue weighted by molar-refractivity contribution is 8.00. The Kier molecular flexibility index (Phi) is 6.66. The molecule has 0 fully saturated rings. The van der Waals surface area contributed by atoms with E-state index in [0.29, 0.717) is 0 Å². The molecule has 6 heteroatoms. The number of aromatic nitrogens is 2. The van der Waals surface area contributed by atoms with Crippen molar-refractivity contribution in [3.8, 4) is 11.1 Å². The Balaban J connectivity index is 1.55. The molecule has 0 saturated heterocycles. The number of nitrogens with zero attached hydrogens (tertiary/aromatic N) is 2. The van der Waals surface area contributed by atoms with Crippen LogP contribution in [0.2, 0.25) is 0 Å². The zero-order chi connectivity index (χ0) is 24.4. The van der Waals surface area contributed by atoms with Gasteiger partial charge in [0.1, 0.15) is 21.4 Å². The number of anilines is 1. The van der Waals surface area contributed by atoms with Crippen LogP contribution in [0.25, 0.3) is 21.3 Å². The third-order valence-corrected chi connectivity index (χ3v) is 8.06. The van der Waals surface area contributed by atoms with Crippen molar-refractivity contribution < 1.29 is 4.79 Å². The van der Waals surface area contributed by atoms with E-state index in [1.807, 2.05) is 56.3 Å². The molecule has 0 bridgehead atoms. The van der Waals surface area contributed by atoms with Crippen molar-refractivity contribution in [1.82, 2.24) is 9.97 Å². The molecular weight excluding hydrogens is 470 g/mol. The summed E-state index contributed by atoms with van der Waals surface area (Å²) < 4.78 is 0. The average Bonchev–Trinajstić information content (AvgIpc) is 3.31. The molecule has 0 saturated carbocycles. The molecule has 5 aromatic rings. The Morgan fingerprint density at radius 3 is 2.43 bits per heavy atom. The molecule has 0 aliphatic carbocycles. The minimum absolute atomic E-state index is 0.0752. The first-order valence-corrected chi connectivity index (χ1v) is 13.1. The van der Waals surface area contributed by atoms with Gasteiger partial charge in [0.05, 0.1) is 5.39 Å². The van der Waals surface area contributed by atoms with Crippen molar-refractivity contribution in [3.05, 3.63) is 107 Å². The summed E-state index contributed by atoms with van der Waals surface area (Å²) in [5.74, 6) is -0.0752. The van der Waals surface area contributed by atoms with Gasteiger partial charge in [-0.1, -0.05) is 84.1 Å². The third kappa shape index (κ3) is 4.99. The standard InChI is InChI=1S/C29H25N3OS2/c1-18-10-13-21(14-11-18)23-16-34-28-25(23)29(31-17-30-28)35-26(22-7-5-4-6-8-22)27(33)32-24-15-19(2)9-12-20(24)3/h4-17,26H,1-3H3,(H,32,33)/t26-/m1/s1. The molecule has 5 rings (SSSR count). The Bertz CT molecular complexity index is 1490. The van der Waals surface area contributed by atoms with Gasteiger partial charge in [-0.05, 0) is 49.1 Å². The average molecular weight is 496 g/mol. The van der Waals surface area contributed by atoms with Gasteiger partial charge in [0.25, 0.3) is 0 Å². The first-order valence-electron chi connectivity index (χ1n) is 11.4. The largest absolute Gasteiger partial charge is 0.325 e. The van der Waals surface area contributed by atoms with Crippen molar-refractivity contribution in [1.29, 1.82) is 0 Å². The lowest BCUT2D eigenvalue weighted by molar-refractivity contribution is -0.115. The van der Waals surface area contributed by atoms with Gasteiger partial charge in [-0.25, -0.2) is 9.97 Å². The van der Waals surface area contributed by atoms with E-state index in [0.717, 1.165) is 48.7 Å². The third-order valence-electron chi connectivity index (χ3n) is 5.92. The first kappa shape index (κ1) is 23.3. The van der Waals surface area contributed by atoms with Gasteiger partial charge in [-0.2, -0.15) is 0 Å². The molecule has 1 amide bonds. The zero-order valence-electron chi connectivity index (χ0n) is 19.8. The van der Waals surface area contributed by atoms with Crippen LogP contribution in [0.4, 0.5) is 5.69 Å². The number of carbonyl (C=O) groups excluding carboxylic acids is 1. The van der Waals surface area contributed by atoms with Gasteiger partial charge in [0, 0.05) is 16.6 Å². The molecule has 0 radical (unpaired) electrons. The molecule has 4 nitrogen and oxygen atoms in total. The first-order chi connectivity index (χ1) is 17.0.